The third kappa shape index (κ3) is 9.83. The second-order valence-electron chi connectivity index (χ2n) is 16.5. The van der Waals surface area contributed by atoms with Crippen LogP contribution in [-0.4, -0.2) is 148 Å². The molecule has 4 N–H and O–H groups in total. The van der Waals surface area contributed by atoms with Crippen molar-refractivity contribution in [1.82, 2.24) is 9.80 Å². The van der Waals surface area contributed by atoms with Crippen LogP contribution >= 0.6 is 0 Å². The number of rotatable bonds is 6. The van der Waals surface area contributed by atoms with Gasteiger partial charge in [-0.3, -0.25) is 9.59 Å². The number of hydrogen-bond donors (Lipinski definition) is 4. The molecule has 3 saturated heterocycles. The lowest BCUT2D eigenvalue weighted by molar-refractivity contribution is -0.306. The van der Waals surface area contributed by atoms with E-state index in [1.165, 1.54) is 6.92 Å². The third-order valence-corrected chi connectivity index (χ3v) is 11.5. The van der Waals surface area contributed by atoms with Gasteiger partial charge in [-0.1, -0.05) is 27.7 Å². The quantitative estimate of drug-likeness (QED) is 0.296. The smallest absolute Gasteiger partial charge is 0.311 e. The van der Waals surface area contributed by atoms with Crippen LogP contribution in [0.15, 0.2) is 0 Å². The van der Waals surface area contributed by atoms with E-state index in [1.807, 2.05) is 58.6 Å². The molecule has 0 unspecified atom stereocenters. The van der Waals surface area contributed by atoms with Crippen LogP contribution in [0.2, 0.25) is 0 Å². The molecule has 3 rings (SSSR count). The topological polar surface area (TPSA) is 168 Å². The first-order valence-corrected chi connectivity index (χ1v) is 18.6. The van der Waals surface area contributed by atoms with Crippen molar-refractivity contribution < 1.29 is 53.7 Å². The van der Waals surface area contributed by atoms with Crippen molar-refractivity contribution in [3.05, 3.63) is 0 Å². The predicted molar refractivity (Wildman–Crippen MR) is 187 cm³/mol. The largest absolute Gasteiger partial charge is 0.459 e. The summed E-state index contributed by atoms with van der Waals surface area (Å²) in [5, 5.41) is 47.0. The van der Waals surface area contributed by atoms with Crippen LogP contribution in [-0.2, 0) is 33.3 Å². The van der Waals surface area contributed by atoms with Crippen LogP contribution in [0.3, 0.4) is 0 Å². The molecule has 0 bridgehead atoms. The summed E-state index contributed by atoms with van der Waals surface area (Å²) in [7, 11) is 5.61. The second-order valence-corrected chi connectivity index (χ2v) is 16.5. The number of ketones is 1. The zero-order chi connectivity index (χ0) is 38.0. The van der Waals surface area contributed by atoms with E-state index in [9.17, 15) is 30.0 Å². The van der Waals surface area contributed by atoms with Crippen molar-refractivity contribution in [2.75, 3.05) is 27.7 Å². The fraction of sp³-hybridized carbons (Fsp3) is 0.946. The summed E-state index contributed by atoms with van der Waals surface area (Å²) in [6.45, 7) is 18.1. The lowest BCUT2D eigenvalue weighted by Gasteiger charge is -2.47. The van der Waals surface area contributed by atoms with Gasteiger partial charge in [0.15, 0.2) is 18.4 Å². The highest BCUT2D eigenvalue weighted by Gasteiger charge is 2.51. The van der Waals surface area contributed by atoms with Gasteiger partial charge < -0.3 is 53.9 Å². The monoisotopic (exact) mass is 716 g/mol. The van der Waals surface area contributed by atoms with E-state index < -0.39 is 84.3 Å². The maximum absolute atomic E-state index is 14.1. The SMILES string of the molecule is CC[C@H]1OC(=O)[C@H](C)[C@@H](O[C@H]2C[C@@H](C)C(=O)[C@H](C)O2)[C@H](C)[C@@H](O[C@@H]2O[C@H](C)C[C@H](N(C)C)[C@H]2O)[C@](C)(O)C[C@@H](C)CN(C)[C@H](C)[C@@H](O)[C@]1(C)O. The van der Waals surface area contributed by atoms with Crippen LogP contribution in [0.4, 0.5) is 0 Å². The molecule has 0 radical (unpaired) electrons. The Hall–Kier alpha value is -1.26. The number of aliphatic hydroxyl groups excluding tert-OH is 2. The highest BCUT2D eigenvalue weighted by Crippen LogP contribution is 2.39. The molecular formula is C37H68N2O11. The summed E-state index contributed by atoms with van der Waals surface area (Å²) in [5.74, 6) is -2.87. The summed E-state index contributed by atoms with van der Waals surface area (Å²) in [6, 6.07) is -0.789. The van der Waals surface area contributed by atoms with Crippen molar-refractivity contribution in [3.8, 4) is 0 Å². The zero-order valence-corrected chi connectivity index (χ0v) is 32.7. The number of nitrogens with zero attached hydrogens (tertiary/aromatic N) is 2. The van der Waals surface area contributed by atoms with Crippen molar-refractivity contribution in [1.29, 1.82) is 0 Å². The average molecular weight is 717 g/mol. The van der Waals surface area contributed by atoms with Gasteiger partial charge in [0.2, 0.25) is 0 Å². The zero-order valence-electron chi connectivity index (χ0n) is 32.7. The van der Waals surface area contributed by atoms with Crippen LogP contribution in [0.5, 0.6) is 0 Å². The minimum absolute atomic E-state index is 0.0377. The molecule has 17 atom stereocenters. The maximum atomic E-state index is 14.1. The molecule has 0 spiro atoms. The van der Waals surface area contributed by atoms with E-state index in [-0.39, 0.29) is 49.0 Å². The molecule has 0 aromatic carbocycles. The fourth-order valence-corrected chi connectivity index (χ4v) is 8.39. The van der Waals surface area contributed by atoms with Gasteiger partial charge in [0.05, 0.1) is 29.8 Å². The number of likely N-dealkylation sites (N-methyl/N-ethyl adjacent to an activating group) is 2. The first-order chi connectivity index (χ1) is 23.0. The summed E-state index contributed by atoms with van der Waals surface area (Å²) in [5.41, 5.74) is -3.32. The summed E-state index contributed by atoms with van der Waals surface area (Å²) < 4.78 is 31.5. The molecule has 13 nitrogen and oxygen atoms in total. The number of carbonyl (C=O) groups excluding carboxylic acids is 2. The Morgan fingerprint density at radius 2 is 1.58 bits per heavy atom. The van der Waals surface area contributed by atoms with E-state index in [0.717, 1.165) is 0 Å². The molecule has 0 aromatic heterocycles. The van der Waals surface area contributed by atoms with Gasteiger partial charge in [-0.2, -0.15) is 0 Å². The minimum atomic E-state index is -1.79. The third-order valence-electron chi connectivity index (χ3n) is 11.5. The Morgan fingerprint density at radius 3 is 2.14 bits per heavy atom. The molecule has 0 aromatic rings. The van der Waals surface area contributed by atoms with Crippen LogP contribution in [0.25, 0.3) is 0 Å². The molecular weight excluding hydrogens is 648 g/mol. The van der Waals surface area contributed by atoms with Crippen LogP contribution < -0.4 is 0 Å². The fourth-order valence-electron chi connectivity index (χ4n) is 8.39. The van der Waals surface area contributed by atoms with Gasteiger partial charge in [-0.05, 0) is 87.9 Å². The highest BCUT2D eigenvalue weighted by molar-refractivity contribution is 5.85. The number of cyclic esters (lactones) is 1. The standard InChI is InChI=1S/C37H68N2O11/c1-14-27-37(10,45)32(42)24(7)39(13)18-19(2)17-36(9,44)33(50-35-30(41)26(38(11)12)16-21(4)46-35)22(5)31(23(6)34(43)48-27)49-28-15-20(3)29(40)25(8)47-28/h19-28,30-33,35,41-42,44-45H,14-18H2,1-13H3/t19-,20-,21-,22+,23-,24-,25+,26+,27-,28+,30-,31+,32-,33-,35+,36-,37-/m1/s1. The Morgan fingerprint density at radius 1 is 0.960 bits per heavy atom. The molecule has 3 aliphatic heterocycles. The minimum Gasteiger partial charge on any atom is -0.459 e. The number of hydrogen-bond acceptors (Lipinski definition) is 13. The van der Waals surface area contributed by atoms with E-state index in [0.29, 0.717) is 13.0 Å². The van der Waals surface area contributed by atoms with Gasteiger partial charge in [0, 0.05) is 36.9 Å². The highest BCUT2D eigenvalue weighted by atomic mass is 16.7. The van der Waals surface area contributed by atoms with Crippen LogP contribution in [0, 0.1) is 23.7 Å². The molecule has 0 aliphatic carbocycles. The Labute approximate surface area is 299 Å². The Balaban J connectivity index is 2.15. The van der Waals surface area contributed by atoms with Crippen molar-refractivity contribution in [3.63, 3.8) is 0 Å². The second kappa shape index (κ2) is 17.3. The molecule has 50 heavy (non-hydrogen) atoms. The number of esters is 1. The van der Waals surface area contributed by atoms with Gasteiger partial charge in [0.25, 0.3) is 0 Å². The number of aliphatic hydroxyl groups is 4. The van der Waals surface area contributed by atoms with Crippen molar-refractivity contribution in [2.45, 2.75) is 174 Å². The molecule has 3 heterocycles. The summed E-state index contributed by atoms with van der Waals surface area (Å²) in [6.07, 6.45) is -6.91. The molecule has 0 amide bonds. The van der Waals surface area contributed by atoms with E-state index >= 15 is 0 Å². The Kier molecular flexibility index (Phi) is 14.9. The van der Waals surface area contributed by atoms with Gasteiger partial charge in [-0.15, -0.1) is 0 Å². The predicted octanol–water partition coefficient (Wildman–Crippen LogP) is 2.34. The molecule has 3 aliphatic rings. The number of Topliss-reactive ketones (excluding diaryl/α,β-unsaturated/α-hetero) is 1. The van der Waals surface area contributed by atoms with Crippen molar-refractivity contribution in [2.24, 2.45) is 23.7 Å². The maximum Gasteiger partial charge on any atom is 0.311 e. The number of carbonyl (C=O) groups is 2. The van der Waals surface area contributed by atoms with Gasteiger partial charge >= 0.3 is 5.97 Å². The normalized spacial score (nSPS) is 48.2. The van der Waals surface area contributed by atoms with Gasteiger partial charge in [0.1, 0.15) is 30.0 Å². The van der Waals surface area contributed by atoms with Crippen LogP contribution in [0.1, 0.15) is 94.9 Å². The lowest BCUT2D eigenvalue weighted by Crippen LogP contribution is -2.59. The summed E-state index contributed by atoms with van der Waals surface area (Å²) >= 11 is 0. The van der Waals surface area contributed by atoms with E-state index in [2.05, 4.69) is 0 Å². The number of ether oxygens (including phenoxy) is 5. The molecule has 3 fully saturated rings. The average Bonchev–Trinajstić information content (AvgIpc) is 3.02. The first-order valence-electron chi connectivity index (χ1n) is 18.6. The van der Waals surface area contributed by atoms with Crippen molar-refractivity contribution >= 4 is 11.8 Å². The van der Waals surface area contributed by atoms with E-state index in [4.69, 9.17) is 23.7 Å². The molecule has 13 heteroatoms. The van der Waals surface area contributed by atoms with E-state index in [1.54, 1.807) is 34.6 Å². The molecule has 0 saturated carbocycles. The summed E-state index contributed by atoms with van der Waals surface area (Å²) in [4.78, 5) is 30.6. The lowest BCUT2D eigenvalue weighted by atomic mass is 9.77. The molecule has 292 valence electrons. The first kappa shape index (κ1) is 43.1. The van der Waals surface area contributed by atoms with Gasteiger partial charge in [-0.25, -0.2) is 0 Å². The Bertz CT molecular complexity index is 1110.